The summed E-state index contributed by atoms with van der Waals surface area (Å²) in [6.45, 7) is 4.74. The monoisotopic (exact) mass is 370 g/mol. The first-order chi connectivity index (χ1) is 13.0. The molecule has 0 atom stereocenters. The molecule has 0 radical (unpaired) electrons. The van der Waals surface area contributed by atoms with Gasteiger partial charge in [0.15, 0.2) is 5.69 Å². The number of nitrogens with zero attached hydrogens (tertiary/aromatic N) is 4. The predicted molar refractivity (Wildman–Crippen MR) is 97.2 cm³/mol. The van der Waals surface area contributed by atoms with Crippen LogP contribution in [-0.4, -0.2) is 46.4 Å². The van der Waals surface area contributed by atoms with Crippen LogP contribution in [0.25, 0.3) is 11.6 Å². The fourth-order valence-electron chi connectivity index (χ4n) is 2.39. The second-order valence-corrected chi connectivity index (χ2v) is 6.30. The molecular formula is C19H22N4O4. The number of hydrogen-bond acceptors (Lipinski definition) is 7. The third-order valence-corrected chi connectivity index (χ3v) is 4.01. The van der Waals surface area contributed by atoms with E-state index >= 15 is 0 Å². The number of aromatic nitrogens is 3. The van der Waals surface area contributed by atoms with E-state index < -0.39 is 0 Å². The lowest BCUT2D eigenvalue weighted by molar-refractivity contribution is -0.130. The molecule has 0 bridgehead atoms. The highest BCUT2D eigenvalue weighted by Gasteiger charge is 2.15. The summed E-state index contributed by atoms with van der Waals surface area (Å²) < 4.78 is 16.2. The molecule has 0 aliphatic heterocycles. The van der Waals surface area contributed by atoms with Gasteiger partial charge >= 0.3 is 0 Å². The zero-order chi connectivity index (χ0) is 19.2. The molecular weight excluding hydrogens is 348 g/mol. The van der Waals surface area contributed by atoms with Crippen molar-refractivity contribution in [2.24, 2.45) is 0 Å². The Labute approximate surface area is 157 Å². The number of likely N-dealkylation sites (N-methyl/N-ethyl adjacent to an activating group) is 1. The van der Waals surface area contributed by atoms with Gasteiger partial charge in [-0.25, -0.2) is 0 Å². The van der Waals surface area contributed by atoms with E-state index in [1.165, 1.54) is 5.56 Å². The van der Waals surface area contributed by atoms with Crippen molar-refractivity contribution in [1.29, 1.82) is 0 Å². The molecule has 27 heavy (non-hydrogen) atoms. The Kier molecular flexibility index (Phi) is 5.85. The minimum Gasteiger partial charge on any atom is -0.492 e. The van der Waals surface area contributed by atoms with E-state index in [1.54, 1.807) is 24.9 Å². The van der Waals surface area contributed by atoms with Gasteiger partial charge in [-0.2, -0.15) is 0 Å². The van der Waals surface area contributed by atoms with E-state index in [1.807, 2.05) is 31.2 Å². The van der Waals surface area contributed by atoms with Crippen LogP contribution in [0.2, 0.25) is 0 Å². The number of aryl methyl sites for hydroxylation is 3. The van der Waals surface area contributed by atoms with Crippen molar-refractivity contribution >= 4 is 5.91 Å². The summed E-state index contributed by atoms with van der Waals surface area (Å²) in [6, 6.07) is 9.53. The standard InChI is InChI=1S/C19H22N4O4/c1-13-4-6-15(7-5-13)25-11-10-23(3)18(24)9-8-17-20-21-19(26-17)16-12-14(2)27-22-16/h4-7,12H,8-11H2,1-3H3. The molecule has 0 saturated carbocycles. The van der Waals surface area contributed by atoms with E-state index in [-0.39, 0.29) is 18.2 Å². The highest BCUT2D eigenvalue weighted by molar-refractivity contribution is 5.76. The SMILES string of the molecule is Cc1ccc(OCCN(C)C(=O)CCc2nnc(-c3cc(C)on3)o2)cc1. The van der Waals surface area contributed by atoms with Crippen molar-refractivity contribution in [3.8, 4) is 17.3 Å². The van der Waals surface area contributed by atoms with Crippen molar-refractivity contribution in [2.45, 2.75) is 26.7 Å². The van der Waals surface area contributed by atoms with E-state index in [2.05, 4.69) is 15.4 Å². The van der Waals surface area contributed by atoms with Gasteiger partial charge in [0.05, 0.1) is 6.54 Å². The molecule has 0 aliphatic carbocycles. The third kappa shape index (κ3) is 5.16. The maximum Gasteiger partial charge on any atom is 0.269 e. The predicted octanol–water partition coefficient (Wildman–Crippen LogP) is 2.81. The topological polar surface area (TPSA) is 94.5 Å². The van der Waals surface area contributed by atoms with Gasteiger partial charge in [0.25, 0.3) is 5.89 Å². The van der Waals surface area contributed by atoms with Gasteiger partial charge in [0, 0.05) is 26.0 Å². The largest absolute Gasteiger partial charge is 0.492 e. The van der Waals surface area contributed by atoms with E-state index in [0.717, 1.165) is 5.75 Å². The Morgan fingerprint density at radius 2 is 1.96 bits per heavy atom. The molecule has 142 valence electrons. The molecule has 3 rings (SSSR count). The first-order valence-corrected chi connectivity index (χ1v) is 8.71. The minimum absolute atomic E-state index is 0.0143. The lowest BCUT2D eigenvalue weighted by Gasteiger charge is -2.17. The Balaban J connectivity index is 1.42. The summed E-state index contributed by atoms with van der Waals surface area (Å²) in [5, 5.41) is 11.7. The van der Waals surface area contributed by atoms with Gasteiger partial charge in [0.2, 0.25) is 11.8 Å². The first kappa shape index (κ1) is 18.6. The zero-order valence-corrected chi connectivity index (χ0v) is 15.6. The number of rotatable bonds is 8. The molecule has 0 saturated heterocycles. The second-order valence-electron chi connectivity index (χ2n) is 6.30. The van der Waals surface area contributed by atoms with Crippen LogP contribution in [0.3, 0.4) is 0 Å². The number of amides is 1. The Hall–Kier alpha value is -3.16. The molecule has 3 aromatic rings. The van der Waals surface area contributed by atoms with Crippen molar-refractivity contribution in [1.82, 2.24) is 20.3 Å². The van der Waals surface area contributed by atoms with Crippen molar-refractivity contribution in [2.75, 3.05) is 20.2 Å². The Morgan fingerprint density at radius 3 is 2.67 bits per heavy atom. The number of ether oxygens (including phenoxy) is 1. The number of carbonyl (C=O) groups is 1. The molecule has 8 nitrogen and oxygen atoms in total. The summed E-state index contributed by atoms with van der Waals surface area (Å²) in [5.41, 5.74) is 1.67. The summed E-state index contributed by atoms with van der Waals surface area (Å²) in [4.78, 5) is 13.9. The highest BCUT2D eigenvalue weighted by Crippen LogP contribution is 2.18. The minimum atomic E-state index is -0.0143. The van der Waals surface area contributed by atoms with Crippen molar-refractivity contribution in [3.05, 3.63) is 47.5 Å². The quantitative estimate of drug-likeness (QED) is 0.602. The van der Waals surface area contributed by atoms with Crippen molar-refractivity contribution < 1.29 is 18.5 Å². The molecule has 8 heteroatoms. The van der Waals surface area contributed by atoms with Crippen LogP contribution in [0.15, 0.2) is 39.3 Å². The van der Waals surface area contributed by atoms with Gasteiger partial charge in [-0.15, -0.1) is 10.2 Å². The molecule has 0 spiro atoms. The summed E-state index contributed by atoms with van der Waals surface area (Å²) in [7, 11) is 1.75. The van der Waals surface area contributed by atoms with Crippen LogP contribution in [0.1, 0.15) is 23.6 Å². The molecule has 2 aromatic heterocycles. The fourth-order valence-corrected chi connectivity index (χ4v) is 2.39. The lowest BCUT2D eigenvalue weighted by atomic mass is 10.2. The smallest absolute Gasteiger partial charge is 0.269 e. The molecule has 2 heterocycles. The summed E-state index contributed by atoms with van der Waals surface area (Å²) >= 11 is 0. The lowest BCUT2D eigenvalue weighted by Crippen LogP contribution is -2.31. The highest BCUT2D eigenvalue weighted by atomic mass is 16.5. The average Bonchev–Trinajstić information content (AvgIpc) is 3.30. The molecule has 1 amide bonds. The molecule has 0 N–H and O–H groups in total. The van der Waals surface area contributed by atoms with E-state index in [0.29, 0.717) is 36.9 Å². The van der Waals surface area contributed by atoms with E-state index in [4.69, 9.17) is 13.7 Å². The van der Waals surface area contributed by atoms with Gasteiger partial charge in [-0.1, -0.05) is 22.9 Å². The van der Waals surface area contributed by atoms with Crippen LogP contribution >= 0.6 is 0 Å². The Morgan fingerprint density at radius 1 is 1.19 bits per heavy atom. The van der Waals surface area contributed by atoms with Gasteiger partial charge in [-0.3, -0.25) is 4.79 Å². The van der Waals surface area contributed by atoms with E-state index in [9.17, 15) is 4.79 Å². The van der Waals surface area contributed by atoms with Crippen LogP contribution in [0.5, 0.6) is 5.75 Å². The average molecular weight is 370 g/mol. The van der Waals surface area contributed by atoms with Gasteiger partial charge < -0.3 is 18.6 Å². The molecule has 0 fully saturated rings. The normalized spacial score (nSPS) is 10.8. The van der Waals surface area contributed by atoms with Crippen LogP contribution in [0, 0.1) is 13.8 Å². The zero-order valence-electron chi connectivity index (χ0n) is 15.6. The van der Waals surface area contributed by atoms with Gasteiger partial charge in [0.1, 0.15) is 18.1 Å². The number of carbonyl (C=O) groups excluding carboxylic acids is 1. The van der Waals surface area contributed by atoms with Gasteiger partial charge in [-0.05, 0) is 26.0 Å². The maximum atomic E-state index is 12.2. The number of hydrogen-bond donors (Lipinski definition) is 0. The summed E-state index contributed by atoms with van der Waals surface area (Å²) in [6.07, 6.45) is 0.645. The first-order valence-electron chi connectivity index (χ1n) is 8.71. The molecule has 0 aliphatic rings. The summed E-state index contributed by atoms with van der Waals surface area (Å²) in [5.74, 6) is 2.12. The molecule has 1 aromatic carbocycles. The molecule has 0 unspecified atom stereocenters. The number of benzene rings is 1. The van der Waals surface area contributed by atoms with Crippen molar-refractivity contribution in [3.63, 3.8) is 0 Å². The maximum absolute atomic E-state index is 12.2. The Bertz CT molecular complexity index is 885. The van der Waals surface area contributed by atoms with Crippen LogP contribution < -0.4 is 4.74 Å². The fraction of sp³-hybridized carbons (Fsp3) is 0.368. The van der Waals surface area contributed by atoms with Crippen LogP contribution in [0.4, 0.5) is 0 Å². The van der Waals surface area contributed by atoms with Crippen LogP contribution in [-0.2, 0) is 11.2 Å². The second kappa shape index (κ2) is 8.48. The third-order valence-electron chi connectivity index (χ3n) is 4.01.